The van der Waals surface area contributed by atoms with E-state index in [-0.39, 0.29) is 0 Å². The van der Waals surface area contributed by atoms with Crippen LogP contribution in [-0.4, -0.2) is 4.57 Å². The molecule has 0 aliphatic rings. The maximum atomic E-state index is 2.49. The normalized spacial score (nSPS) is 11.7. The van der Waals surface area contributed by atoms with E-state index < -0.39 is 0 Å². The Labute approximate surface area is 288 Å². The SMILES string of the molecule is c1ccc(-c2cccc(N(c3cc(-n4c5ccccc5c5ccccc54)cc4ccccc34)c3cccc4c3sc3ccccc34)c2)cc1. The van der Waals surface area contributed by atoms with Crippen molar-refractivity contribution < 1.29 is 0 Å². The number of benzene rings is 8. The number of fused-ring (bicyclic) bond motifs is 7. The van der Waals surface area contributed by atoms with Crippen molar-refractivity contribution in [3.05, 3.63) is 182 Å². The first-order chi connectivity index (χ1) is 24.3. The predicted octanol–water partition coefficient (Wildman–Crippen LogP) is 13.4. The molecule has 0 saturated heterocycles. The van der Waals surface area contributed by atoms with Crippen LogP contribution in [0.5, 0.6) is 0 Å². The second-order valence-electron chi connectivity index (χ2n) is 12.6. The van der Waals surface area contributed by atoms with Crippen LogP contribution in [0.15, 0.2) is 182 Å². The molecule has 0 saturated carbocycles. The maximum Gasteiger partial charge on any atom is 0.0640 e. The highest BCUT2D eigenvalue weighted by Gasteiger charge is 2.22. The van der Waals surface area contributed by atoms with Crippen LogP contribution in [-0.2, 0) is 0 Å². The van der Waals surface area contributed by atoms with Crippen molar-refractivity contribution in [3.8, 4) is 16.8 Å². The Bertz CT molecular complexity index is 2790. The van der Waals surface area contributed by atoms with E-state index in [0.717, 1.165) is 17.1 Å². The highest BCUT2D eigenvalue weighted by Crippen LogP contribution is 2.48. The van der Waals surface area contributed by atoms with Crippen LogP contribution < -0.4 is 4.90 Å². The van der Waals surface area contributed by atoms with E-state index in [4.69, 9.17) is 0 Å². The Morgan fingerprint density at radius 3 is 1.82 bits per heavy atom. The van der Waals surface area contributed by atoms with Crippen molar-refractivity contribution in [3.63, 3.8) is 0 Å². The zero-order valence-corrected chi connectivity index (χ0v) is 27.4. The number of hydrogen-bond donors (Lipinski definition) is 0. The molecular formula is C46H30N2S. The molecule has 0 spiro atoms. The zero-order chi connectivity index (χ0) is 32.3. The molecule has 10 aromatic rings. The molecule has 0 amide bonds. The average Bonchev–Trinajstić information content (AvgIpc) is 3.72. The van der Waals surface area contributed by atoms with Crippen molar-refractivity contribution in [1.29, 1.82) is 0 Å². The standard InChI is InChI=1S/C46H30N2S/c1-2-14-31(15-3-1)32-17-12-18-34(28-32)47(43-26-13-23-40-39-22-8-11-27-45(39)49-46(40)43)44-30-35(29-33-16-4-5-19-36(33)44)48-41-24-9-6-20-37(41)38-21-7-10-25-42(38)48/h1-30H. The molecule has 0 radical (unpaired) electrons. The van der Waals surface area contributed by atoms with Crippen LogP contribution in [0.25, 0.3) is 69.6 Å². The summed E-state index contributed by atoms with van der Waals surface area (Å²) >= 11 is 1.87. The zero-order valence-electron chi connectivity index (χ0n) is 26.6. The quantitative estimate of drug-likeness (QED) is 0.181. The van der Waals surface area contributed by atoms with Crippen molar-refractivity contribution in [1.82, 2.24) is 4.57 Å². The van der Waals surface area contributed by atoms with Gasteiger partial charge in [0.25, 0.3) is 0 Å². The summed E-state index contributed by atoms with van der Waals surface area (Å²) in [5.41, 5.74) is 9.37. The monoisotopic (exact) mass is 642 g/mol. The van der Waals surface area contributed by atoms with Gasteiger partial charge in [0.2, 0.25) is 0 Å². The van der Waals surface area contributed by atoms with Gasteiger partial charge in [-0.2, -0.15) is 0 Å². The van der Waals surface area contributed by atoms with Gasteiger partial charge in [-0.05, 0) is 65.0 Å². The van der Waals surface area contributed by atoms with Gasteiger partial charge in [0.1, 0.15) is 0 Å². The lowest BCUT2D eigenvalue weighted by molar-refractivity contribution is 1.18. The minimum Gasteiger partial charge on any atom is -0.309 e. The van der Waals surface area contributed by atoms with Gasteiger partial charge >= 0.3 is 0 Å². The Kier molecular flexibility index (Phi) is 6.39. The van der Waals surface area contributed by atoms with Gasteiger partial charge in [-0.3, -0.25) is 0 Å². The molecule has 0 aliphatic carbocycles. The summed E-state index contributed by atoms with van der Waals surface area (Å²) in [6.07, 6.45) is 0. The average molecular weight is 643 g/mol. The third-order valence-corrected chi connectivity index (χ3v) is 10.9. The fraction of sp³-hybridized carbons (Fsp3) is 0. The van der Waals surface area contributed by atoms with Gasteiger partial charge < -0.3 is 9.47 Å². The van der Waals surface area contributed by atoms with E-state index in [9.17, 15) is 0 Å². The summed E-state index contributed by atoms with van der Waals surface area (Å²) in [5.74, 6) is 0. The minimum atomic E-state index is 1.12. The van der Waals surface area contributed by atoms with Gasteiger partial charge in [0.15, 0.2) is 0 Å². The minimum absolute atomic E-state index is 1.12. The second-order valence-corrected chi connectivity index (χ2v) is 13.6. The van der Waals surface area contributed by atoms with E-state index in [1.165, 1.54) is 69.6 Å². The predicted molar refractivity (Wildman–Crippen MR) is 211 cm³/mol. The lowest BCUT2D eigenvalue weighted by atomic mass is 10.0. The van der Waals surface area contributed by atoms with Crippen LogP contribution in [0, 0.1) is 0 Å². The first kappa shape index (κ1) is 27.9. The van der Waals surface area contributed by atoms with Crippen LogP contribution in [0.2, 0.25) is 0 Å². The number of para-hydroxylation sites is 2. The highest BCUT2D eigenvalue weighted by molar-refractivity contribution is 7.26. The van der Waals surface area contributed by atoms with Crippen molar-refractivity contribution in [2.24, 2.45) is 0 Å². The first-order valence-electron chi connectivity index (χ1n) is 16.7. The molecule has 2 heterocycles. The van der Waals surface area contributed by atoms with Crippen molar-refractivity contribution in [2.75, 3.05) is 4.90 Å². The smallest absolute Gasteiger partial charge is 0.0640 e. The Balaban J connectivity index is 1.31. The summed E-state index contributed by atoms with van der Waals surface area (Å²) in [6.45, 7) is 0. The number of rotatable bonds is 5. The Hall–Kier alpha value is -6.16. The fourth-order valence-electron chi connectivity index (χ4n) is 7.56. The number of thiophene rings is 1. The summed E-state index contributed by atoms with van der Waals surface area (Å²) < 4.78 is 5.01. The lowest BCUT2D eigenvalue weighted by Gasteiger charge is -2.29. The molecule has 0 unspecified atom stereocenters. The van der Waals surface area contributed by atoms with E-state index in [1.54, 1.807) is 0 Å². The molecule has 0 fully saturated rings. The van der Waals surface area contributed by atoms with E-state index in [2.05, 4.69) is 191 Å². The molecule has 0 N–H and O–H groups in total. The number of anilines is 3. The lowest BCUT2D eigenvalue weighted by Crippen LogP contribution is -2.11. The topological polar surface area (TPSA) is 8.17 Å². The summed E-state index contributed by atoms with van der Waals surface area (Å²) in [5, 5.41) is 7.50. The van der Waals surface area contributed by atoms with E-state index in [1.807, 2.05) is 11.3 Å². The van der Waals surface area contributed by atoms with E-state index >= 15 is 0 Å². The third kappa shape index (κ3) is 4.47. The van der Waals surface area contributed by atoms with Crippen LogP contribution in [0.3, 0.4) is 0 Å². The van der Waals surface area contributed by atoms with Crippen molar-refractivity contribution >= 4 is 81.1 Å². The summed E-state index contributed by atoms with van der Waals surface area (Å²) in [6, 6.07) is 66.3. The fourth-order valence-corrected chi connectivity index (χ4v) is 8.77. The van der Waals surface area contributed by atoms with Crippen LogP contribution in [0.1, 0.15) is 0 Å². The van der Waals surface area contributed by atoms with Gasteiger partial charge in [0, 0.05) is 43.0 Å². The second kappa shape index (κ2) is 11.2. The molecule has 230 valence electrons. The first-order valence-corrected chi connectivity index (χ1v) is 17.5. The number of nitrogens with zero attached hydrogens (tertiary/aromatic N) is 2. The van der Waals surface area contributed by atoms with E-state index in [0.29, 0.717) is 0 Å². The molecule has 0 aliphatic heterocycles. The Morgan fingerprint density at radius 1 is 0.408 bits per heavy atom. The van der Waals surface area contributed by atoms with Gasteiger partial charge in [-0.1, -0.05) is 133 Å². The molecular weight excluding hydrogens is 613 g/mol. The third-order valence-electron chi connectivity index (χ3n) is 9.74. The Morgan fingerprint density at radius 2 is 1.02 bits per heavy atom. The molecule has 0 atom stereocenters. The summed E-state index contributed by atoms with van der Waals surface area (Å²) in [7, 11) is 0. The molecule has 2 nitrogen and oxygen atoms in total. The molecule has 3 heteroatoms. The van der Waals surface area contributed by atoms with Crippen LogP contribution >= 0.6 is 11.3 Å². The van der Waals surface area contributed by atoms with Gasteiger partial charge in [0.05, 0.1) is 27.1 Å². The molecule has 0 bridgehead atoms. The number of hydrogen-bond acceptors (Lipinski definition) is 2. The number of aromatic nitrogens is 1. The highest BCUT2D eigenvalue weighted by atomic mass is 32.1. The molecule has 49 heavy (non-hydrogen) atoms. The molecule has 8 aromatic carbocycles. The molecule has 10 rings (SSSR count). The largest absolute Gasteiger partial charge is 0.309 e. The van der Waals surface area contributed by atoms with Gasteiger partial charge in [-0.15, -0.1) is 11.3 Å². The maximum absolute atomic E-state index is 2.49. The summed E-state index contributed by atoms with van der Waals surface area (Å²) in [4.78, 5) is 2.49. The van der Waals surface area contributed by atoms with Crippen molar-refractivity contribution in [2.45, 2.75) is 0 Å². The van der Waals surface area contributed by atoms with Crippen LogP contribution in [0.4, 0.5) is 17.1 Å². The van der Waals surface area contributed by atoms with Gasteiger partial charge in [-0.25, -0.2) is 0 Å². The molecule has 2 aromatic heterocycles.